The van der Waals surface area contributed by atoms with Gasteiger partial charge in [0.25, 0.3) is 0 Å². The zero-order valence-electron chi connectivity index (χ0n) is 11.3. The predicted octanol–water partition coefficient (Wildman–Crippen LogP) is 1.63. The number of carboxylic acid groups (broad SMARTS) is 1. The van der Waals surface area contributed by atoms with E-state index in [1.54, 1.807) is 11.8 Å². The van der Waals surface area contributed by atoms with Crippen LogP contribution in [-0.2, 0) is 4.79 Å². The third-order valence-corrected chi connectivity index (χ3v) is 4.59. The molecule has 2 saturated heterocycles. The Morgan fingerprint density at radius 1 is 1.22 bits per heavy atom. The fraction of sp³-hybridized carbons (Fsp3) is 0.846. The second-order valence-corrected chi connectivity index (χ2v) is 5.98. The van der Waals surface area contributed by atoms with E-state index < -0.39 is 11.5 Å². The molecule has 102 valence electrons. The van der Waals surface area contributed by atoms with Crippen molar-refractivity contribution in [1.82, 2.24) is 9.80 Å². The standard InChI is InChI=1S/C13H22N2O3/c1-9-7-14(8-10(9)2)12(18)15-6-4-5-13(15,3)11(16)17/h9-10H,4-8H2,1-3H3,(H,16,17). The van der Waals surface area contributed by atoms with E-state index in [0.717, 1.165) is 19.5 Å². The highest BCUT2D eigenvalue weighted by Gasteiger charge is 2.48. The Hall–Kier alpha value is -1.26. The number of urea groups is 1. The zero-order chi connectivity index (χ0) is 13.5. The molecule has 0 aromatic heterocycles. The molecule has 0 spiro atoms. The summed E-state index contributed by atoms with van der Waals surface area (Å²) in [6, 6.07) is -0.103. The smallest absolute Gasteiger partial charge is 0.329 e. The third-order valence-electron chi connectivity index (χ3n) is 4.59. The average Bonchev–Trinajstić information content (AvgIpc) is 2.84. The van der Waals surface area contributed by atoms with E-state index >= 15 is 0 Å². The lowest BCUT2D eigenvalue weighted by atomic mass is 10.00. The Morgan fingerprint density at radius 2 is 1.78 bits per heavy atom. The van der Waals surface area contributed by atoms with Gasteiger partial charge >= 0.3 is 12.0 Å². The van der Waals surface area contributed by atoms with Gasteiger partial charge in [-0.3, -0.25) is 0 Å². The molecule has 1 N–H and O–H groups in total. The van der Waals surface area contributed by atoms with Gasteiger partial charge in [-0.2, -0.15) is 0 Å². The number of likely N-dealkylation sites (tertiary alicyclic amines) is 2. The highest BCUT2D eigenvalue weighted by atomic mass is 16.4. The van der Waals surface area contributed by atoms with Gasteiger partial charge in [0.05, 0.1) is 0 Å². The van der Waals surface area contributed by atoms with Gasteiger partial charge in [0.2, 0.25) is 0 Å². The monoisotopic (exact) mass is 254 g/mol. The van der Waals surface area contributed by atoms with Crippen LogP contribution in [0.3, 0.4) is 0 Å². The van der Waals surface area contributed by atoms with Crippen LogP contribution in [-0.4, -0.2) is 52.1 Å². The summed E-state index contributed by atoms with van der Waals surface area (Å²) >= 11 is 0. The summed E-state index contributed by atoms with van der Waals surface area (Å²) in [5, 5.41) is 9.33. The number of carbonyl (C=O) groups excluding carboxylic acids is 1. The lowest BCUT2D eigenvalue weighted by molar-refractivity contribution is -0.147. The van der Waals surface area contributed by atoms with Crippen LogP contribution < -0.4 is 0 Å². The summed E-state index contributed by atoms with van der Waals surface area (Å²) in [7, 11) is 0. The average molecular weight is 254 g/mol. The van der Waals surface area contributed by atoms with Gasteiger partial charge in [-0.05, 0) is 31.6 Å². The normalized spacial score (nSPS) is 36.2. The van der Waals surface area contributed by atoms with Crippen LogP contribution in [0, 0.1) is 11.8 Å². The van der Waals surface area contributed by atoms with E-state index in [9.17, 15) is 14.7 Å². The van der Waals surface area contributed by atoms with Gasteiger partial charge < -0.3 is 14.9 Å². The van der Waals surface area contributed by atoms with E-state index in [1.165, 1.54) is 0 Å². The van der Waals surface area contributed by atoms with E-state index in [-0.39, 0.29) is 6.03 Å². The molecule has 0 aromatic rings. The molecule has 3 atom stereocenters. The zero-order valence-corrected chi connectivity index (χ0v) is 11.3. The largest absolute Gasteiger partial charge is 0.480 e. The predicted molar refractivity (Wildman–Crippen MR) is 67.3 cm³/mol. The number of hydrogen-bond donors (Lipinski definition) is 1. The molecule has 2 amide bonds. The van der Waals surface area contributed by atoms with Crippen molar-refractivity contribution in [1.29, 1.82) is 0 Å². The first-order chi connectivity index (χ1) is 8.36. The number of amides is 2. The van der Waals surface area contributed by atoms with Gasteiger partial charge in [-0.15, -0.1) is 0 Å². The first-order valence-electron chi connectivity index (χ1n) is 6.66. The topological polar surface area (TPSA) is 60.9 Å². The Labute approximate surface area is 108 Å². The van der Waals surface area contributed by atoms with Crippen LogP contribution in [0.5, 0.6) is 0 Å². The molecular formula is C13H22N2O3. The number of nitrogens with zero attached hydrogens (tertiary/aromatic N) is 2. The van der Waals surface area contributed by atoms with E-state index in [2.05, 4.69) is 13.8 Å². The van der Waals surface area contributed by atoms with Gasteiger partial charge in [0.1, 0.15) is 5.54 Å². The fourth-order valence-electron chi connectivity index (χ4n) is 2.95. The van der Waals surface area contributed by atoms with Gasteiger partial charge in [0.15, 0.2) is 0 Å². The molecule has 0 aliphatic carbocycles. The lowest BCUT2D eigenvalue weighted by Gasteiger charge is -2.34. The summed E-state index contributed by atoms with van der Waals surface area (Å²) in [4.78, 5) is 27.2. The Balaban J connectivity index is 2.12. The van der Waals surface area contributed by atoms with Crippen molar-refractivity contribution < 1.29 is 14.7 Å². The number of rotatable bonds is 1. The molecule has 0 aromatic carbocycles. The Bertz CT molecular complexity index is 361. The van der Waals surface area contributed by atoms with E-state index in [0.29, 0.717) is 24.8 Å². The summed E-state index contributed by atoms with van der Waals surface area (Å²) in [6.07, 6.45) is 1.32. The van der Waals surface area contributed by atoms with Crippen LogP contribution >= 0.6 is 0 Å². The number of hydrogen-bond acceptors (Lipinski definition) is 2. The summed E-state index contributed by atoms with van der Waals surface area (Å²) in [5.74, 6) is 0.0916. The molecule has 2 aliphatic rings. The second-order valence-electron chi connectivity index (χ2n) is 5.98. The number of carboxylic acids is 1. The molecule has 18 heavy (non-hydrogen) atoms. The quantitative estimate of drug-likeness (QED) is 0.773. The molecule has 5 heteroatoms. The summed E-state index contributed by atoms with van der Waals surface area (Å²) in [6.45, 7) is 7.97. The first-order valence-corrected chi connectivity index (χ1v) is 6.66. The maximum atomic E-state index is 12.4. The molecule has 2 aliphatic heterocycles. The summed E-state index contributed by atoms with van der Waals surface area (Å²) < 4.78 is 0. The maximum absolute atomic E-state index is 12.4. The molecule has 2 rings (SSSR count). The van der Waals surface area contributed by atoms with E-state index in [1.807, 2.05) is 4.90 Å². The van der Waals surface area contributed by atoms with Crippen LogP contribution in [0.4, 0.5) is 4.79 Å². The number of aliphatic carboxylic acids is 1. The van der Waals surface area contributed by atoms with Crippen LogP contribution in [0.1, 0.15) is 33.6 Å². The van der Waals surface area contributed by atoms with Gasteiger partial charge in [-0.1, -0.05) is 13.8 Å². The number of carbonyl (C=O) groups is 2. The molecule has 2 heterocycles. The van der Waals surface area contributed by atoms with E-state index in [4.69, 9.17) is 0 Å². The fourth-order valence-corrected chi connectivity index (χ4v) is 2.95. The SMILES string of the molecule is CC1CN(C(=O)N2CCCC2(C)C(=O)O)CC1C. The molecule has 0 radical (unpaired) electrons. The molecule has 5 nitrogen and oxygen atoms in total. The van der Waals surface area contributed by atoms with Crippen molar-refractivity contribution in [3.05, 3.63) is 0 Å². The van der Waals surface area contributed by atoms with Crippen LogP contribution in [0.2, 0.25) is 0 Å². The first kappa shape index (κ1) is 13.2. The van der Waals surface area contributed by atoms with Crippen molar-refractivity contribution >= 4 is 12.0 Å². The Morgan fingerprint density at radius 3 is 2.28 bits per heavy atom. The molecular weight excluding hydrogens is 232 g/mol. The Kier molecular flexibility index (Phi) is 3.25. The van der Waals surface area contributed by atoms with Crippen molar-refractivity contribution in [2.45, 2.75) is 39.2 Å². The van der Waals surface area contributed by atoms with Crippen molar-refractivity contribution in [2.24, 2.45) is 11.8 Å². The van der Waals surface area contributed by atoms with Gasteiger partial charge in [-0.25, -0.2) is 9.59 Å². The van der Waals surface area contributed by atoms with Crippen LogP contribution in [0.25, 0.3) is 0 Å². The lowest BCUT2D eigenvalue weighted by Crippen LogP contribution is -2.54. The highest BCUT2D eigenvalue weighted by molar-refractivity contribution is 5.86. The summed E-state index contributed by atoms with van der Waals surface area (Å²) in [5.41, 5.74) is -1.02. The molecule has 0 saturated carbocycles. The minimum Gasteiger partial charge on any atom is -0.480 e. The highest BCUT2D eigenvalue weighted by Crippen LogP contribution is 2.32. The third kappa shape index (κ3) is 1.95. The molecule has 3 unspecified atom stereocenters. The second kappa shape index (κ2) is 4.44. The van der Waals surface area contributed by atoms with Crippen LogP contribution in [0.15, 0.2) is 0 Å². The molecule has 0 bridgehead atoms. The van der Waals surface area contributed by atoms with Crippen molar-refractivity contribution in [3.8, 4) is 0 Å². The minimum absolute atomic E-state index is 0.103. The van der Waals surface area contributed by atoms with Gasteiger partial charge in [0, 0.05) is 19.6 Å². The molecule has 2 fully saturated rings. The minimum atomic E-state index is -1.02. The maximum Gasteiger partial charge on any atom is 0.329 e. The van der Waals surface area contributed by atoms with Crippen molar-refractivity contribution in [2.75, 3.05) is 19.6 Å². The van der Waals surface area contributed by atoms with Crippen molar-refractivity contribution in [3.63, 3.8) is 0 Å².